The maximum atomic E-state index is 6.07. The second-order valence-electron chi connectivity index (χ2n) is 6.57. The van der Waals surface area contributed by atoms with Crippen molar-refractivity contribution in [1.82, 2.24) is 30.8 Å². The lowest BCUT2D eigenvalue weighted by atomic mass is 10.2. The summed E-state index contributed by atoms with van der Waals surface area (Å²) >= 11 is 13.5. The van der Waals surface area contributed by atoms with Gasteiger partial charge in [0.15, 0.2) is 5.82 Å². The number of aromatic nitrogens is 6. The molecule has 0 atom stereocenters. The average molecular weight is 482 g/mol. The normalized spacial score (nSPS) is 10.8. The van der Waals surface area contributed by atoms with Crippen molar-refractivity contribution in [3.8, 4) is 33.5 Å². The van der Waals surface area contributed by atoms with Crippen LogP contribution in [0, 0.1) is 0 Å². The van der Waals surface area contributed by atoms with Crippen LogP contribution in [0.1, 0.15) is 0 Å². The number of aromatic amines is 1. The highest BCUT2D eigenvalue weighted by molar-refractivity contribution is 7.18. The Morgan fingerprint density at radius 3 is 2.34 bits per heavy atom. The van der Waals surface area contributed by atoms with Crippen molar-refractivity contribution in [1.29, 1.82) is 0 Å². The van der Waals surface area contributed by atoms with Crippen molar-refractivity contribution >= 4 is 45.4 Å². The zero-order valence-corrected chi connectivity index (χ0v) is 18.5. The molecular weight excluding hydrogens is 469 g/mol. The highest BCUT2D eigenvalue weighted by atomic mass is 35.5. The van der Waals surface area contributed by atoms with E-state index in [2.05, 4.69) is 36.1 Å². The molecule has 5 rings (SSSR count). The molecule has 2 N–H and O–H groups in total. The van der Waals surface area contributed by atoms with E-state index in [1.807, 2.05) is 54.6 Å². The lowest BCUT2D eigenvalue weighted by molar-refractivity contribution is 0.483. The summed E-state index contributed by atoms with van der Waals surface area (Å²) in [5.74, 6) is 1.90. The zero-order chi connectivity index (χ0) is 21.9. The Kier molecular flexibility index (Phi) is 5.68. The molecule has 0 amide bonds. The number of rotatable bonds is 6. The van der Waals surface area contributed by atoms with Gasteiger partial charge in [0.25, 0.3) is 0 Å². The van der Waals surface area contributed by atoms with Gasteiger partial charge < -0.3 is 10.1 Å². The molecule has 0 aliphatic heterocycles. The van der Waals surface area contributed by atoms with E-state index in [0.717, 1.165) is 21.8 Å². The second kappa shape index (κ2) is 8.91. The molecule has 0 radical (unpaired) electrons. The van der Waals surface area contributed by atoms with Crippen LogP contribution in [-0.4, -0.2) is 30.8 Å². The largest absolute Gasteiger partial charge is 0.457 e. The van der Waals surface area contributed by atoms with Gasteiger partial charge in [0.2, 0.25) is 5.13 Å². The van der Waals surface area contributed by atoms with Gasteiger partial charge in [-0.2, -0.15) is 0 Å². The molecule has 0 unspecified atom stereocenters. The van der Waals surface area contributed by atoms with Crippen molar-refractivity contribution in [2.24, 2.45) is 0 Å². The van der Waals surface area contributed by atoms with Crippen LogP contribution in [-0.2, 0) is 0 Å². The molecule has 32 heavy (non-hydrogen) atoms. The van der Waals surface area contributed by atoms with Crippen LogP contribution in [0.15, 0.2) is 66.7 Å². The standard InChI is InChI=1S/C21H13Cl2N7OS/c22-17-8-7-14(11-18(17)23)24-21-28-27-20(32-21)13-4-2-6-16(10-13)31-15-5-1-3-12(9-15)19-25-29-30-26-19/h1-11H,(H,24,28)(H,25,26,29,30). The summed E-state index contributed by atoms with van der Waals surface area (Å²) in [6, 6.07) is 20.4. The minimum absolute atomic E-state index is 0.467. The highest BCUT2D eigenvalue weighted by Crippen LogP contribution is 2.33. The Balaban J connectivity index is 1.33. The first-order valence-electron chi connectivity index (χ1n) is 9.32. The summed E-state index contributed by atoms with van der Waals surface area (Å²) in [5, 5.41) is 27.9. The van der Waals surface area contributed by atoms with E-state index in [0.29, 0.717) is 32.5 Å². The molecule has 0 saturated heterocycles. The van der Waals surface area contributed by atoms with E-state index in [1.165, 1.54) is 11.3 Å². The number of nitrogens with one attached hydrogen (secondary N) is 2. The first-order valence-corrected chi connectivity index (χ1v) is 10.9. The zero-order valence-electron chi connectivity index (χ0n) is 16.2. The van der Waals surface area contributed by atoms with Crippen LogP contribution in [0.5, 0.6) is 11.5 Å². The molecule has 0 saturated carbocycles. The molecule has 3 aromatic carbocycles. The maximum Gasteiger partial charge on any atom is 0.210 e. The molecule has 158 valence electrons. The van der Waals surface area contributed by atoms with Crippen molar-refractivity contribution in [3.63, 3.8) is 0 Å². The SMILES string of the molecule is Clc1ccc(Nc2nnc(-c3cccc(Oc4cccc(-c5nnn[nH]5)c4)c3)s2)cc1Cl. The Hall–Kier alpha value is -3.53. The van der Waals surface area contributed by atoms with Crippen molar-refractivity contribution in [3.05, 3.63) is 76.8 Å². The van der Waals surface area contributed by atoms with E-state index in [1.54, 1.807) is 12.1 Å². The van der Waals surface area contributed by atoms with Crippen LogP contribution in [0.2, 0.25) is 10.0 Å². The number of anilines is 2. The molecule has 5 aromatic rings. The van der Waals surface area contributed by atoms with Gasteiger partial charge in [-0.25, -0.2) is 5.10 Å². The number of H-pyrrole nitrogens is 1. The number of hydrogen-bond donors (Lipinski definition) is 2. The van der Waals surface area contributed by atoms with Gasteiger partial charge in [-0.3, -0.25) is 0 Å². The summed E-state index contributed by atoms with van der Waals surface area (Å²) in [4.78, 5) is 0. The molecule has 0 aliphatic carbocycles. The van der Waals surface area contributed by atoms with E-state index in [-0.39, 0.29) is 0 Å². The average Bonchev–Trinajstić information content (AvgIpc) is 3.49. The van der Waals surface area contributed by atoms with Crippen LogP contribution < -0.4 is 10.1 Å². The predicted octanol–water partition coefficient (Wildman–Crippen LogP) is 6.23. The fourth-order valence-electron chi connectivity index (χ4n) is 2.90. The van der Waals surface area contributed by atoms with Crippen molar-refractivity contribution in [2.75, 3.05) is 5.32 Å². The quantitative estimate of drug-likeness (QED) is 0.296. The minimum Gasteiger partial charge on any atom is -0.457 e. The highest BCUT2D eigenvalue weighted by Gasteiger charge is 2.10. The summed E-state index contributed by atoms with van der Waals surface area (Å²) < 4.78 is 6.04. The topological polar surface area (TPSA) is 102 Å². The van der Waals surface area contributed by atoms with Gasteiger partial charge in [-0.15, -0.1) is 15.3 Å². The predicted molar refractivity (Wildman–Crippen MR) is 125 cm³/mol. The van der Waals surface area contributed by atoms with Gasteiger partial charge >= 0.3 is 0 Å². The third-order valence-corrected chi connectivity index (χ3v) is 5.99. The second-order valence-corrected chi connectivity index (χ2v) is 8.37. The third-order valence-electron chi connectivity index (χ3n) is 4.37. The van der Waals surface area contributed by atoms with Gasteiger partial charge in [-0.05, 0) is 52.9 Å². The summed E-state index contributed by atoms with van der Waals surface area (Å²) in [6.45, 7) is 0. The monoisotopic (exact) mass is 481 g/mol. The molecule has 11 heteroatoms. The molecule has 0 spiro atoms. The van der Waals surface area contributed by atoms with Crippen LogP contribution >= 0.6 is 34.5 Å². The van der Waals surface area contributed by atoms with Crippen LogP contribution in [0.4, 0.5) is 10.8 Å². The summed E-state index contributed by atoms with van der Waals surface area (Å²) in [6.07, 6.45) is 0. The van der Waals surface area contributed by atoms with Crippen molar-refractivity contribution in [2.45, 2.75) is 0 Å². The number of hydrogen-bond acceptors (Lipinski definition) is 8. The first kappa shape index (κ1) is 20.4. The number of nitrogens with zero attached hydrogens (tertiary/aromatic N) is 5. The van der Waals surface area contributed by atoms with Crippen LogP contribution in [0.3, 0.4) is 0 Å². The summed E-state index contributed by atoms with van der Waals surface area (Å²) in [5.41, 5.74) is 2.49. The van der Waals surface area contributed by atoms with E-state index in [9.17, 15) is 0 Å². The van der Waals surface area contributed by atoms with Gasteiger partial charge in [0.1, 0.15) is 16.5 Å². The molecule has 0 bridgehead atoms. The van der Waals surface area contributed by atoms with Gasteiger partial charge in [-0.1, -0.05) is 58.8 Å². The Morgan fingerprint density at radius 1 is 0.812 bits per heavy atom. The Morgan fingerprint density at radius 2 is 1.59 bits per heavy atom. The molecule has 2 heterocycles. The van der Waals surface area contributed by atoms with Crippen LogP contribution in [0.25, 0.3) is 22.0 Å². The Labute approximate surface area is 196 Å². The van der Waals surface area contributed by atoms with Gasteiger partial charge in [0, 0.05) is 16.8 Å². The van der Waals surface area contributed by atoms with Crippen molar-refractivity contribution < 1.29 is 4.74 Å². The molecule has 8 nitrogen and oxygen atoms in total. The van der Waals surface area contributed by atoms with Gasteiger partial charge in [0.05, 0.1) is 10.0 Å². The maximum absolute atomic E-state index is 6.07. The number of benzene rings is 3. The summed E-state index contributed by atoms with van der Waals surface area (Å²) in [7, 11) is 0. The number of halogens is 2. The number of ether oxygens (including phenoxy) is 1. The lowest BCUT2D eigenvalue weighted by Gasteiger charge is -2.07. The number of tetrazole rings is 1. The lowest BCUT2D eigenvalue weighted by Crippen LogP contribution is -1.89. The fourth-order valence-corrected chi connectivity index (χ4v) is 3.96. The smallest absolute Gasteiger partial charge is 0.210 e. The third kappa shape index (κ3) is 4.54. The van der Waals surface area contributed by atoms with E-state index < -0.39 is 0 Å². The fraction of sp³-hybridized carbons (Fsp3) is 0. The first-order chi connectivity index (χ1) is 15.6. The molecular formula is C21H13Cl2N7OS. The Bertz CT molecular complexity index is 1370. The molecule has 2 aromatic heterocycles. The van der Waals surface area contributed by atoms with E-state index >= 15 is 0 Å². The molecule has 0 aliphatic rings. The minimum atomic E-state index is 0.467. The molecule has 0 fully saturated rings. The van der Waals surface area contributed by atoms with E-state index in [4.69, 9.17) is 27.9 Å².